The molecule has 0 radical (unpaired) electrons. The average molecular weight is 323 g/mol. The van der Waals surface area contributed by atoms with Crippen LogP contribution in [0, 0.1) is 11.8 Å². The van der Waals surface area contributed by atoms with Crippen LogP contribution in [0.15, 0.2) is 30.3 Å². The van der Waals surface area contributed by atoms with Crippen LogP contribution in [0.1, 0.15) is 22.5 Å². The Bertz CT molecular complexity index is 694. The van der Waals surface area contributed by atoms with Crippen molar-refractivity contribution >= 4 is 34.8 Å². The van der Waals surface area contributed by atoms with Gasteiger partial charge in [-0.05, 0) is 24.3 Å². The molecule has 1 heterocycles. The highest BCUT2D eigenvalue weighted by Gasteiger charge is 2.11. The van der Waals surface area contributed by atoms with Gasteiger partial charge >= 0.3 is 0 Å². The summed E-state index contributed by atoms with van der Waals surface area (Å²) in [4.78, 5) is 14.7. The van der Waals surface area contributed by atoms with Crippen LogP contribution >= 0.6 is 23.2 Å². The van der Waals surface area contributed by atoms with E-state index in [1.54, 1.807) is 18.2 Å². The predicted molar refractivity (Wildman–Crippen MR) is 83.8 cm³/mol. The molecule has 2 aromatic rings. The normalized spacial score (nSPS) is 9.86. The van der Waals surface area contributed by atoms with Crippen LogP contribution in [0.25, 0.3) is 0 Å². The summed E-state index contributed by atoms with van der Waals surface area (Å²) < 4.78 is 0. The second kappa shape index (κ2) is 7.19. The zero-order valence-electron chi connectivity index (χ0n) is 10.9. The minimum atomic E-state index is -0.343. The molecule has 0 atom stereocenters. The molecule has 0 fully saturated rings. The molecule has 1 aromatic carbocycles. The standard InChI is InChI=1S/C15H12Cl2N2O2/c16-12-9-13(19-14(12)17)15(21)18-11-6-3-5-10(8-11)4-1-2-7-20/h3,5-6,8-9,19-20H,2,7H2,(H,18,21). The van der Waals surface area contributed by atoms with Gasteiger partial charge in [-0.3, -0.25) is 4.79 Å². The first-order chi connectivity index (χ1) is 10.1. The number of halogens is 2. The van der Waals surface area contributed by atoms with E-state index < -0.39 is 0 Å². The number of amides is 1. The lowest BCUT2D eigenvalue weighted by Crippen LogP contribution is -2.12. The Morgan fingerprint density at radius 3 is 2.81 bits per heavy atom. The molecule has 1 amide bonds. The largest absolute Gasteiger partial charge is 0.395 e. The molecular formula is C15H12Cl2N2O2. The summed E-state index contributed by atoms with van der Waals surface area (Å²) in [6.07, 6.45) is 0.413. The van der Waals surface area contributed by atoms with Crippen LogP contribution < -0.4 is 5.32 Å². The van der Waals surface area contributed by atoms with Crippen LogP contribution in [0.3, 0.4) is 0 Å². The molecule has 1 aromatic heterocycles. The van der Waals surface area contributed by atoms with Gasteiger partial charge in [-0.25, -0.2) is 0 Å². The Kier molecular flexibility index (Phi) is 5.29. The molecule has 3 N–H and O–H groups in total. The van der Waals surface area contributed by atoms with Crippen LogP contribution in [0.2, 0.25) is 10.2 Å². The second-order valence-corrected chi connectivity index (χ2v) is 4.94. The van der Waals surface area contributed by atoms with E-state index >= 15 is 0 Å². The van der Waals surface area contributed by atoms with Gasteiger partial charge in [-0.2, -0.15) is 0 Å². The quantitative estimate of drug-likeness (QED) is 0.759. The first-order valence-electron chi connectivity index (χ1n) is 6.15. The van der Waals surface area contributed by atoms with Gasteiger partial charge in [-0.15, -0.1) is 0 Å². The van der Waals surface area contributed by atoms with Crippen molar-refractivity contribution < 1.29 is 9.90 Å². The summed E-state index contributed by atoms with van der Waals surface area (Å²) in [6.45, 7) is 0.0256. The predicted octanol–water partition coefficient (Wildman–Crippen LogP) is 3.31. The number of H-pyrrole nitrogens is 1. The van der Waals surface area contributed by atoms with Gasteiger partial charge in [0.05, 0.1) is 11.6 Å². The molecule has 2 rings (SSSR count). The van der Waals surface area contributed by atoms with Crippen molar-refractivity contribution in [3.05, 3.63) is 51.8 Å². The molecular weight excluding hydrogens is 311 g/mol. The minimum Gasteiger partial charge on any atom is -0.395 e. The molecule has 4 nitrogen and oxygen atoms in total. The third kappa shape index (κ3) is 4.27. The van der Waals surface area contributed by atoms with Crippen molar-refractivity contribution in [2.24, 2.45) is 0 Å². The molecule has 0 bridgehead atoms. The number of rotatable bonds is 3. The Balaban J connectivity index is 2.11. The van der Waals surface area contributed by atoms with Crippen molar-refractivity contribution in [1.29, 1.82) is 0 Å². The SMILES string of the molecule is O=C(Nc1cccc(C#CCCO)c1)c1cc(Cl)c(Cl)[nH]1. The summed E-state index contributed by atoms with van der Waals surface area (Å²) in [5.41, 5.74) is 1.64. The number of aromatic amines is 1. The maximum atomic E-state index is 12.0. The highest BCUT2D eigenvalue weighted by molar-refractivity contribution is 6.41. The zero-order valence-corrected chi connectivity index (χ0v) is 12.4. The molecule has 0 saturated heterocycles. The van der Waals surface area contributed by atoms with Crippen molar-refractivity contribution in [2.75, 3.05) is 11.9 Å². The van der Waals surface area contributed by atoms with Crippen molar-refractivity contribution in [3.8, 4) is 11.8 Å². The fourth-order valence-corrected chi connectivity index (χ4v) is 1.93. The van der Waals surface area contributed by atoms with Crippen LogP contribution in [0.4, 0.5) is 5.69 Å². The number of benzene rings is 1. The Morgan fingerprint density at radius 2 is 2.14 bits per heavy atom. The van der Waals surface area contributed by atoms with E-state index in [-0.39, 0.29) is 23.4 Å². The van der Waals surface area contributed by atoms with Crippen molar-refractivity contribution in [3.63, 3.8) is 0 Å². The third-order valence-electron chi connectivity index (χ3n) is 2.56. The van der Waals surface area contributed by atoms with E-state index in [2.05, 4.69) is 22.1 Å². The first-order valence-corrected chi connectivity index (χ1v) is 6.91. The molecule has 21 heavy (non-hydrogen) atoms. The van der Waals surface area contributed by atoms with Gasteiger partial charge in [0.25, 0.3) is 5.91 Å². The highest BCUT2D eigenvalue weighted by Crippen LogP contribution is 2.22. The summed E-state index contributed by atoms with van der Waals surface area (Å²) in [5.74, 6) is 5.38. The van der Waals surface area contributed by atoms with Gasteiger partial charge < -0.3 is 15.4 Å². The number of hydrogen-bond donors (Lipinski definition) is 3. The Hall–Kier alpha value is -1.93. The molecule has 0 spiro atoms. The maximum Gasteiger partial charge on any atom is 0.272 e. The number of nitrogens with one attached hydrogen (secondary N) is 2. The number of aliphatic hydroxyl groups is 1. The van der Waals surface area contributed by atoms with Gasteiger partial charge in [0.2, 0.25) is 0 Å². The van der Waals surface area contributed by atoms with Crippen molar-refractivity contribution in [2.45, 2.75) is 6.42 Å². The number of aromatic nitrogens is 1. The van der Waals surface area contributed by atoms with Crippen molar-refractivity contribution in [1.82, 2.24) is 4.98 Å². The van der Waals surface area contributed by atoms with Crippen LogP contribution in [0.5, 0.6) is 0 Å². The average Bonchev–Trinajstić information content (AvgIpc) is 2.80. The van der Waals surface area contributed by atoms with E-state index in [9.17, 15) is 4.79 Å². The smallest absolute Gasteiger partial charge is 0.272 e. The lowest BCUT2D eigenvalue weighted by Gasteiger charge is -2.04. The number of carbonyl (C=O) groups is 1. The van der Waals surface area contributed by atoms with Crippen LogP contribution in [-0.4, -0.2) is 22.6 Å². The molecule has 6 heteroatoms. The zero-order chi connectivity index (χ0) is 15.2. The molecule has 0 aliphatic heterocycles. The summed E-state index contributed by atoms with van der Waals surface area (Å²) in [6, 6.07) is 8.56. The molecule has 0 saturated carbocycles. The number of aliphatic hydroxyl groups excluding tert-OH is 1. The fraction of sp³-hybridized carbons (Fsp3) is 0.133. The number of hydrogen-bond acceptors (Lipinski definition) is 2. The van der Waals surface area contributed by atoms with Crippen LogP contribution in [-0.2, 0) is 0 Å². The lowest BCUT2D eigenvalue weighted by atomic mass is 10.2. The van der Waals surface area contributed by atoms with Gasteiger partial charge in [0.1, 0.15) is 10.8 Å². The third-order valence-corrected chi connectivity index (χ3v) is 3.25. The first kappa shape index (κ1) is 15.5. The topological polar surface area (TPSA) is 65.1 Å². The molecule has 0 aliphatic carbocycles. The number of anilines is 1. The number of carbonyl (C=O) groups excluding carboxylic acids is 1. The van der Waals surface area contributed by atoms with E-state index in [1.807, 2.05) is 6.07 Å². The van der Waals surface area contributed by atoms with Gasteiger partial charge in [-0.1, -0.05) is 41.1 Å². The lowest BCUT2D eigenvalue weighted by molar-refractivity contribution is 0.102. The summed E-state index contributed by atoms with van der Waals surface area (Å²) >= 11 is 11.6. The second-order valence-electron chi connectivity index (χ2n) is 4.16. The fourth-order valence-electron chi connectivity index (χ4n) is 1.62. The molecule has 0 unspecified atom stereocenters. The van der Waals surface area contributed by atoms with E-state index in [4.69, 9.17) is 28.3 Å². The van der Waals surface area contributed by atoms with Gasteiger partial charge in [0.15, 0.2) is 0 Å². The monoisotopic (exact) mass is 322 g/mol. The highest BCUT2D eigenvalue weighted by atomic mass is 35.5. The Labute approximate surface area is 132 Å². The van der Waals surface area contributed by atoms with E-state index in [0.717, 1.165) is 5.56 Å². The Morgan fingerprint density at radius 1 is 1.33 bits per heavy atom. The summed E-state index contributed by atoms with van der Waals surface area (Å²) in [7, 11) is 0. The van der Waals surface area contributed by atoms with E-state index in [0.29, 0.717) is 17.1 Å². The van der Waals surface area contributed by atoms with Gasteiger partial charge in [0, 0.05) is 17.7 Å². The molecule has 108 valence electrons. The molecule has 0 aliphatic rings. The van der Waals surface area contributed by atoms with E-state index in [1.165, 1.54) is 6.07 Å². The maximum absolute atomic E-state index is 12.0. The summed E-state index contributed by atoms with van der Waals surface area (Å²) in [5, 5.41) is 11.9. The minimum absolute atomic E-state index is 0.0256.